The van der Waals surface area contributed by atoms with E-state index in [2.05, 4.69) is 15.0 Å². The molecule has 1 saturated heterocycles. The van der Waals surface area contributed by atoms with Crippen molar-refractivity contribution in [2.45, 2.75) is 39.3 Å². The van der Waals surface area contributed by atoms with Gasteiger partial charge < -0.3 is 9.80 Å². The van der Waals surface area contributed by atoms with Crippen molar-refractivity contribution in [2.24, 2.45) is 0 Å². The molecule has 2 aromatic rings. The van der Waals surface area contributed by atoms with Crippen molar-refractivity contribution in [1.82, 2.24) is 24.6 Å². The summed E-state index contributed by atoms with van der Waals surface area (Å²) in [6.07, 6.45) is 2.03. The van der Waals surface area contributed by atoms with Gasteiger partial charge in [-0.15, -0.1) is 0 Å². The lowest BCUT2D eigenvalue weighted by Gasteiger charge is -2.33. The Morgan fingerprint density at radius 2 is 1.96 bits per heavy atom. The SMILES string of the molecule is Cc1nc(C)n([C@@H]2CCCN(C(=O)c3ccc(CN(C)C)cc3)C2)n1. The molecule has 2 heterocycles. The van der Waals surface area contributed by atoms with Crippen molar-refractivity contribution in [3.63, 3.8) is 0 Å². The standard InChI is InChI=1S/C19H27N5O/c1-14-20-15(2)24(21-14)18-6-5-11-23(13-18)19(25)17-9-7-16(8-10-17)12-22(3)4/h7-10,18H,5-6,11-13H2,1-4H3/t18-/m1/s1. The number of hydrogen-bond donors (Lipinski definition) is 0. The zero-order valence-corrected chi connectivity index (χ0v) is 15.6. The van der Waals surface area contributed by atoms with Crippen LogP contribution in [0.15, 0.2) is 24.3 Å². The lowest BCUT2D eigenvalue weighted by Crippen LogP contribution is -2.41. The van der Waals surface area contributed by atoms with Crippen LogP contribution in [-0.4, -0.2) is 57.7 Å². The van der Waals surface area contributed by atoms with Crippen LogP contribution in [0.4, 0.5) is 0 Å². The van der Waals surface area contributed by atoms with E-state index in [1.165, 1.54) is 5.56 Å². The van der Waals surface area contributed by atoms with E-state index in [0.29, 0.717) is 6.54 Å². The van der Waals surface area contributed by atoms with Gasteiger partial charge >= 0.3 is 0 Å². The molecule has 134 valence electrons. The quantitative estimate of drug-likeness (QED) is 0.857. The molecule has 0 unspecified atom stereocenters. The Labute approximate surface area is 149 Å². The smallest absolute Gasteiger partial charge is 0.253 e. The molecule has 3 rings (SSSR count). The van der Waals surface area contributed by atoms with Gasteiger partial charge in [0.15, 0.2) is 0 Å². The highest BCUT2D eigenvalue weighted by atomic mass is 16.2. The summed E-state index contributed by atoms with van der Waals surface area (Å²) in [5.41, 5.74) is 1.97. The first-order valence-electron chi connectivity index (χ1n) is 8.86. The van der Waals surface area contributed by atoms with Crippen molar-refractivity contribution in [2.75, 3.05) is 27.2 Å². The van der Waals surface area contributed by atoms with Crippen LogP contribution in [0, 0.1) is 13.8 Å². The number of hydrogen-bond acceptors (Lipinski definition) is 4. The van der Waals surface area contributed by atoms with Gasteiger partial charge in [-0.1, -0.05) is 12.1 Å². The number of nitrogens with zero attached hydrogens (tertiary/aromatic N) is 5. The monoisotopic (exact) mass is 341 g/mol. The molecule has 1 aliphatic rings. The molecule has 1 atom stereocenters. The first-order chi connectivity index (χ1) is 11.9. The van der Waals surface area contributed by atoms with Crippen molar-refractivity contribution >= 4 is 5.91 Å². The molecule has 0 radical (unpaired) electrons. The Hall–Kier alpha value is -2.21. The third-order valence-electron chi connectivity index (χ3n) is 4.64. The number of benzene rings is 1. The van der Waals surface area contributed by atoms with E-state index in [9.17, 15) is 4.79 Å². The Kier molecular flexibility index (Phi) is 5.18. The first kappa shape index (κ1) is 17.6. The minimum atomic E-state index is 0.107. The number of amides is 1. The zero-order chi connectivity index (χ0) is 18.0. The molecule has 1 aromatic heterocycles. The zero-order valence-electron chi connectivity index (χ0n) is 15.6. The van der Waals surface area contributed by atoms with Crippen LogP contribution in [0.25, 0.3) is 0 Å². The topological polar surface area (TPSA) is 54.3 Å². The van der Waals surface area contributed by atoms with Gasteiger partial charge in [-0.2, -0.15) is 5.10 Å². The number of rotatable bonds is 4. The van der Waals surface area contributed by atoms with Crippen molar-refractivity contribution < 1.29 is 4.79 Å². The number of likely N-dealkylation sites (tertiary alicyclic amines) is 1. The highest BCUT2D eigenvalue weighted by molar-refractivity contribution is 5.94. The van der Waals surface area contributed by atoms with E-state index in [0.717, 1.165) is 43.1 Å². The minimum absolute atomic E-state index is 0.107. The van der Waals surface area contributed by atoms with Gasteiger partial charge in [0.2, 0.25) is 0 Å². The van der Waals surface area contributed by atoms with Crippen molar-refractivity contribution in [1.29, 1.82) is 0 Å². The van der Waals surface area contributed by atoms with Crippen LogP contribution in [0.1, 0.15) is 46.5 Å². The predicted octanol–water partition coefficient (Wildman–Crippen LogP) is 2.43. The third-order valence-corrected chi connectivity index (χ3v) is 4.64. The number of piperidine rings is 1. The highest BCUT2D eigenvalue weighted by Crippen LogP contribution is 2.23. The molecule has 1 aliphatic heterocycles. The second kappa shape index (κ2) is 7.35. The van der Waals surface area contributed by atoms with Gasteiger partial charge in [0.25, 0.3) is 5.91 Å². The van der Waals surface area contributed by atoms with Crippen LogP contribution in [0.5, 0.6) is 0 Å². The van der Waals surface area contributed by atoms with Gasteiger partial charge in [-0.25, -0.2) is 9.67 Å². The fourth-order valence-electron chi connectivity index (χ4n) is 3.52. The van der Waals surface area contributed by atoms with Crippen LogP contribution >= 0.6 is 0 Å². The molecule has 6 heteroatoms. The third kappa shape index (κ3) is 4.07. The molecule has 0 spiro atoms. The summed E-state index contributed by atoms with van der Waals surface area (Å²) in [6, 6.07) is 8.18. The summed E-state index contributed by atoms with van der Waals surface area (Å²) in [5, 5.41) is 4.50. The molecule has 0 saturated carbocycles. The van der Waals surface area contributed by atoms with Gasteiger partial charge in [0, 0.05) is 25.2 Å². The van der Waals surface area contributed by atoms with E-state index >= 15 is 0 Å². The van der Waals surface area contributed by atoms with Crippen LogP contribution < -0.4 is 0 Å². The Morgan fingerprint density at radius 1 is 1.24 bits per heavy atom. The number of carbonyl (C=O) groups excluding carboxylic acids is 1. The molecule has 1 fully saturated rings. The Balaban J connectivity index is 1.70. The molecule has 1 aromatic carbocycles. The van der Waals surface area contributed by atoms with E-state index in [-0.39, 0.29) is 11.9 Å². The van der Waals surface area contributed by atoms with Crippen LogP contribution in [0.3, 0.4) is 0 Å². The fraction of sp³-hybridized carbons (Fsp3) is 0.526. The van der Waals surface area contributed by atoms with Crippen LogP contribution in [-0.2, 0) is 6.54 Å². The summed E-state index contributed by atoms with van der Waals surface area (Å²) >= 11 is 0. The molecule has 25 heavy (non-hydrogen) atoms. The molecule has 0 aliphatic carbocycles. The lowest BCUT2D eigenvalue weighted by molar-refractivity contribution is 0.0671. The van der Waals surface area contributed by atoms with E-state index in [4.69, 9.17) is 0 Å². The maximum absolute atomic E-state index is 12.9. The normalized spacial score (nSPS) is 18.0. The predicted molar refractivity (Wildman–Crippen MR) is 97.5 cm³/mol. The number of aromatic nitrogens is 3. The highest BCUT2D eigenvalue weighted by Gasteiger charge is 2.27. The summed E-state index contributed by atoms with van der Waals surface area (Å²) < 4.78 is 1.98. The van der Waals surface area contributed by atoms with Crippen LogP contribution in [0.2, 0.25) is 0 Å². The average molecular weight is 341 g/mol. The van der Waals surface area contributed by atoms with Gasteiger partial charge in [-0.3, -0.25) is 4.79 Å². The molecule has 6 nitrogen and oxygen atoms in total. The Morgan fingerprint density at radius 3 is 2.56 bits per heavy atom. The maximum atomic E-state index is 12.9. The summed E-state index contributed by atoms with van der Waals surface area (Å²) in [6.45, 7) is 6.27. The molecule has 0 N–H and O–H groups in total. The van der Waals surface area contributed by atoms with E-state index in [1.54, 1.807) is 0 Å². The minimum Gasteiger partial charge on any atom is -0.337 e. The lowest BCUT2D eigenvalue weighted by atomic mass is 10.0. The van der Waals surface area contributed by atoms with E-state index < -0.39 is 0 Å². The molecule has 0 bridgehead atoms. The summed E-state index contributed by atoms with van der Waals surface area (Å²) in [5.74, 6) is 1.82. The van der Waals surface area contributed by atoms with Gasteiger partial charge in [0.1, 0.15) is 11.6 Å². The van der Waals surface area contributed by atoms with Crippen molar-refractivity contribution in [3.8, 4) is 0 Å². The first-order valence-corrected chi connectivity index (χ1v) is 8.86. The fourth-order valence-corrected chi connectivity index (χ4v) is 3.52. The number of aryl methyl sites for hydroxylation is 2. The summed E-state index contributed by atoms with van der Waals surface area (Å²) in [7, 11) is 4.08. The van der Waals surface area contributed by atoms with Gasteiger partial charge in [0.05, 0.1) is 6.04 Å². The number of carbonyl (C=O) groups is 1. The Bertz CT molecular complexity index is 735. The largest absolute Gasteiger partial charge is 0.337 e. The van der Waals surface area contributed by atoms with Crippen molar-refractivity contribution in [3.05, 3.63) is 47.0 Å². The summed E-state index contributed by atoms with van der Waals surface area (Å²) in [4.78, 5) is 21.3. The average Bonchev–Trinajstić information content (AvgIpc) is 2.93. The second-order valence-corrected chi connectivity index (χ2v) is 7.13. The second-order valence-electron chi connectivity index (χ2n) is 7.13. The molecular formula is C19H27N5O. The maximum Gasteiger partial charge on any atom is 0.253 e. The molecule has 1 amide bonds. The van der Waals surface area contributed by atoms with E-state index in [1.807, 2.05) is 61.8 Å². The molecular weight excluding hydrogens is 314 g/mol. The van der Waals surface area contributed by atoms with Gasteiger partial charge in [-0.05, 0) is 58.5 Å².